The number of aromatic nitrogens is 2. The Morgan fingerprint density at radius 1 is 1.42 bits per heavy atom. The lowest BCUT2D eigenvalue weighted by Crippen LogP contribution is -1.99. The van der Waals surface area contributed by atoms with E-state index in [0.29, 0.717) is 4.96 Å². The zero-order valence-electron chi connectivity index (χ0n) is 10.0. The molecule has 0 amide bonds. The van der Waals surface area contributed by atoms with Crippen molar-refractivity contribution in [2.45, 2.75) is 6.92 Å². The van der Waals surface area contributed by atoms with Gasteiger partial charge in [0.05, 0.1) is 0 Å². The standard InChI is InChI=1S/C12H10N4O2S/c1-8-4-2-3-5-9(8)13-10-11(16(17)18)15-6-7-19-12(15)14-10/h2-7,13H,1H3. The van der Waals surface area contributed by atoms with Crippen LogP contribution >= 0.6 is 11.3 Å². The van der Waals surface area contributed by atoms with Crippen LogP contribution in [0.4, 0.5) is 17.3 Å². The first-order valence-electron chi connectivity index (χ1n) is 5.59. The van der Waals surface area contributed by atoms with Crippen LogP contribution < -0.4 is 5.32 Å². The number of fused-ring (bicyclic) bond motifs is 1. The lowest BCUT2D eigenvalue weighted by atomic mass is 10.2. The summed E-state index contributed by atoms with van der Waals surface area (Å²) in [6.45, 7) is 1.94. The van der Waals surface area contributed by atoms with Crippen LogP contribution in [0.1, 0.15) is 5.56 Å². The molecule has 0 saturated carbocycles. The molecule has 96 valence electrons. The first-order valence-corrected chi connectivity index (χ1v) is 6.47. The zero-order chi connectivity index (χ0) is 13.4. The summed E-state index contributed by atoms with van der Waals surface area (Å²) in [4.78, 5) is 15.6. The molecule has 1 aromatic carbocycles. The van der Waals surface area contributed by atoms with Crippen LogP contribution in [0.25, 0.3) is 4.96 Å². The Bertz CT molecular complexity index is 762. The molecule has 0 unspecified atom stereocenters. The summed E-state index contributed by atoms with van der Waals surface area (Å²) in [7, 11) is 0. The highest BCUT2D eigenvalue weighted by atomic mass is 32.1. The van der Waals surface area contributed by atoms with Crippen LogP contribution in [-0.2, 0) is 0 Å². The van der Waals surface area contributed by atoms with Gasteiger partial charge in [0.2, 0.25) is 5.82 Å². The maximum atomic E-state index is 11.2. The number of nitro groups is 1. The molecule has 0 aliphatic carbocycles. The Hall–Kier alpha value is -2.41. The molecule has 0 atom stereocenters. The third kappa shape index (κ3) is 1.93. The number of thiazole rings is 1. The van der Waals surface area contributed by atoms with E-state index < -0.39 is 4.92 Å². The van der Waals surface area contributed by atoms with Crippen molar-refractivity contribution >= 4 is 33.6 Å². The predicted molar refractivity (Wildman–Crippen MR) is 74.2 cm³/mol. The van der Waals surface area contributed by atoms with E-state index in [0.717, 1.165) is 11.3 Å². The predicted octanol–water partition coefficient (Wildman–Crippen LogP) is 3.36. The van der Waals surface area contributed by atoms with Crippen molar-refractivity contribution in [1.29, 1.82) is 0 Å². The second kappa shape index (κ2) is 4.36. The number of hydrogen-bond acceptors (Lipinski definition) is 5. The minimum Gasteiger partial charge on any atom is -0.358 e. The van der Waals surface area contributed by atoms with Crippen LogP contribution in [0.2, 0.25) is 0 Å². The van der Waals surface area contributed by atoms with Crippen LogP contribution in [0, 0.1) is 17.0 Å². The average molecular weight is 274 g/mol. The molecule has 2 heterocycles. The van der Waals surface area contributed by atoms with Gasteiger partial charge >= 0.3 is 5.82 Å². The molecule has 7 heteroatoms. The maximum absolute atomic E-state index is 11.2. The number of imidazole rings is 1. The van der Waals surface area contributed by atoms with E-state index >= 15 is 0 Å². The third-order valence-electron chi connectivity index (χ3n) is 2.81. The van der Waals surface area contributed by atoms with E-state index in [2.05, 4.69) is 10.3 Å². The monoisotopic (exact) mass is 274 g/mol. The Labute approximate surface area is 112 Å². The molecular weight excluding hydrogens is 264 g/mol. The molecule has 3 rings (SSSR count). The van der Waals surface area contributed by atoms with Crippen molar-refractivity contribution in [3.05, 3.63) is 51.5 Å². The second-order valence-corrected chi connectivity index (χ2v) is 4.91. The molecule has 1 N–H and O–H groups in total. The van der Waals surface area contributed by atoms with Crippen LogP contribution in [-0.4, -0.2) is 14.3 Å². The summed E-state index contributed by atoms with van der Waals surface area (Å²) >= 11 is 1.36. The lowest BCUT2D eigenvalue weighted by molar-refractivity contribution is -0.389. The van der Waals surface area contributed by atoms with Gasteiger partial charge in [-0.1, -0.05) is 29.5 Å². The summed E-state index contributed by atoms with van der Waals surface area (Å²) in [6, 6.07) is 7.60. The average Bonchev–Trinajstić information content (AvgIpc) is 2.91. The Kier molecular flexibility index (Phi) is 2.68. The quantitative estimate of drug-likeness (QED) is 0.587. The fraction of sp³-hybridized carbons (Fsp3) is 0.0833. The fourth-order valence-corrected chi connectivity index (χ4v) is 2.58. The highest BCUT2D eigenvalue weighted by Crippen LogP contribution is 2.31. The zero-order valence-corrected chi connectivity index (χ0v) is 10.8. The molecule has 0 fully saturated rings. The lowest BCUT2D eigenvalue weighted by Gasteiger charge is -2.06. The molecule has 19 heavy (non-hydrogen) atoms. The van der Waals surface area contributed by atoms with Gasteiger partial charge in [-0.05, 0) is 23.5 Å². The van der Waals surface area contributed by atoms with Gasteiger partial charge in [0.15, 0.2) is 0 Å². The van der Waals surface area contributed by atoms with E-state index in [-0.39, 0.29) is 11.6 Å². The fourth-order valence-electron chi connectivity index (χ4n) is 1.87. The van der Waals surface area contributed by atoms with E-state index in [1.165, 1.54) is 15.7 Å². The number of nitrogens with zero attached hydrogens (tertiary/aromatic N) is 3. The van der Waals surface area contributed by atoms with E-state index in [1.807, 2.05) is 31.2 Å². The van der Waals surface area contributed by atoms with E-state index in [4.69, 9.17) is 0 Å². The molecule has 0 spiro atoms. The number of hydrogen-bond donors (Lipinski definition) is 1. The van der Waals surface area contributed by atoms with E-state index in [9.17, 15) is 10.1 Å². The minimum atomic E-state index is -0.423. The molecule has 6 nitrogen and oxygen atoms in total. The summed E-state index contributed by atoms with van der Waals surface area (Å²) in [6.07, 6.45) is 1.65. The van der Waals surface area contributed by atoms with Crippen molar-refractivity contribution in [3.8, 4) is 0 Å². The Morgan fingerprint density at radius 2 is 2.21 bits per heavy atom. The number of para-hydroxylation sites is 1. The maximum Gasteiger partial charge on any atom is 0.373 e. The Morgan fingerprint density at radius 3 is 2.95 bits per heavy atom. The Balaban J connectivity index is 2.10. The third-order valence-corrected chi connectivity index (χ3v) is 3.56. The number of anilines is 2. The van der Waals surface area contributed by atoms with Crippen molar-refractivity contribution in [2.24, 2.45) is 0 Å². The molecule has 3 aromatic rings. The minimum absolute atomic E-state index is 0.0421. The first-order chi connectivity index (χ1) is 9.16. The SMILES string of the molecule is Cc1ccccc1Nc1nc2sccn2c1[N+](=O)[O-]. The summed E-state index contributed by atoms with van der Waals surface area (Å²) in [5, 5.41) is 16.0. The van der Waals surface area contributed by atoms with Gasteiger partial charge in [-0.25, -0.2) is 0 Å². The van der Waals surface area contributed by atoms with Gasteiger partial charge in [-0.2, -0.15) is 9.38 Å². The van der Waals surface area contributed by atoms with Crippen molar-refractivity contribution in [3.63, 3.8) is 0 Å². The molecular formula is C12H10N4O2S. The number of aryl methyl sites for hydroxylation is 1. The van der Waals surface area contributed by atoms with Gasteiger partial charge in [0.1, 0.15) is 6.20 Å². The largest absolute Gasteiger partial charge is 0.373 e. The highest BCUT2D eigenvalue weighted by Gasteiger charge is 2.23. The van der Waals surface area contributed by atoms with Crippen molar-refractivity contribution in [1.82, 2.24) is 9.38 Å². The van der Waals surface area contributed by atoms with Gasteiger partial charge < -0.3 is 15.4 Å². The van der Waals surface area contributed by atoms with Crippen LogP contribution in [0.5, 0.6) is 0 Å². The molecule has 0 aliphatic rings. The summed E-state index contributed by atoms with van der Waals surface area (Å²) < 4.78 is 1.48. The normalized spacial score (nSPS) is 10.8. The molecule has 2 aromatic heterocycles. The second-order valence-electron chi connectivity index (χ2n) is 4.04. The van der Waals surface area contributed by atoms with Gasteiger partial charge in [0.25, 0.3) is 4.96 Å². The smallest absolute Gasteiger partial charge is 0.358 e. The number of nitrogens with one attached hydrogen (secondary N) is 1. The van der Waals surface area contributed by atoms with Gasteiger partial charge in [-0.15, -0.1) is 0 Å². The van der Waals surface area contributed by atoms with E-state index in [1.54, 1.807) is 11.6 Å². The van der Waals surface area contributed by atoms with Crippen molar-refractivity contribution < 1.29 is 4.92 Å². The molecule has 0 saturated heterocycles. The molecule has 0 aliphatic heterocycles. The van der Waals surface area contributed by atoms with Crippen molar-refractivity contribution in [2.75, 3.05) is 5.32 Å². The van der Waals surface area contributed by atoms with Gasteiger partial charge in [-0.3, -0.25) is 0 Å². The number of rotatable bonds is 3. The van der Waals surface area contributed by atoms with Gasteiger partial charge in [0, 0.05) is 11.1 Å². The van der Waals surface area contributed by atoms with Crippen LogP contribution in [0.15, 0.2) is 35.8 Å². The number of benzene rings is 1. The topological polar surface area (TPSA) is 72.5 Å². The summed E-state index contributed by atoms with van der Waals surface area (Å²) in [5.74, 6) is 0.227. The first kappa shape index (κ1) is 11.7. The van der Waals surface area contributed by atoms with Crippen LogP contribution in [0.3, 0.4) is 0 Å². The molecule has 0 bridgehead atoms. The molecule has 0 radical (unpaired) electrons. The highest BCUT2D eigenvalue weighted by molar-refractivity contribution is 7.15. The summed E-state index contributed by atoms with van der Waals surface area (Å²) in [5.41, 5.74) is 1.82.